The first-order chi connectivity index (χ1) is 4.70. The molecule has 0 radical (unpaired) electrons. The monoisotopic (exact) mass is 148 g/mol. The Bertz CT molecular complexity index is 73.3. The van der Waals surface area contributed by atoms with Crippen LogP contribution in [-0.2, 0) is 4.74 Å². The van der Waals surface area contributed by atoms with Crippen molar-refractivity contribution in [2.45, 2.75) is 32.5 Å². The van der Waals surface area contributed by atoms with Crippen molar-refractivity contribution in [1.82, 2.24) is 0 Å². The van der Waals surface area contributed by atoms with Gasteiger partial charge in [0.25, 0.3) is 0 Å². The first kappa shape index (κ1) is 9.88. The molecule has 0 aromatic rings. The van der Waals surface area contributed by atoms with Crippen LogP contribution in [0, 0.1) is 0 Å². The van der Waals surface area contributed by atoms with Crippen LogP contribution in [0.2, 0.25) is 0 Å². The van der Waals surface area contributed by atoms with Crippen molar-refractivity contribution in [3.63, 3.8) is 0 Å². The number of aliphatic hydroxyl groups excluding tert-OH is 2. The standard InChI is InChI=1S/C7H16O3/c1-3-10-7(5-8)4-6(2)9/h6-9H,3-5H2,1-2H3/t6-,7+/m1/s1. The normalized spacial score (nSPS) is 16.8. The molecule has 2 atom stereocenters. The van der Waals surface area contributed by atoms with Gasteiger partial charge in [0.1, 0.15) is 0 Å². The first-order valence-electron chi connectivity index (χ1n) is 3.61. The third-order valence-electron chi connectivity index (χ3n) is 1.21. The van der Waals surface area contributed by atoms with Crippen molar-refractivity contribution in [1.29, 1.82) is 0 Å². The van der Waals surface area contributed by atoms with Crippen molar-refractivity contribution < 1.29 is 14.9 Å². The number of aliphatic hydroxyl groups is 2. The highest BCUT2D eigenvalue weighted by Crippen LogP contribution is 2.01. The zero-order valence-corrected chi connectivity index (χ0v) is 6.58. The molecule has 0 fully saturated rings. The van der Waals surface area contributed by atoms with Crippen molar-refractivity contribution >= 4 is 0 Å². The highest BCUT2D eigenvalue weighted by molar-refractivity contribution is 4.59. The highest BCUT2D eigenvalue weighted by Gasteiger charge is 2.09. The van der Waals surface area contributed by atoms with Gasteiger partial charge in [0, 0.05) is 13.0 Å². The summed E-state index contributed by atoms with van der Waals surface area (Å²) in [6, 6.07) is 0. The SMILES string of the molecule is CCO[C@H](CO)C[C@@H](C)O. The Morgan fingerprint density at radius 3 is 2.40 bits per heavy atom. The average Bonchev–Trinajstić information content (AvgIpc) is 1.86. The van der Waals surface area contributed by atoms with Crippen molar-refractivity contribution in [2.24, 2.45) is 0 Å². The van der Waals surface area contributed by atoms with Crippen LogP contribution < -0.4 is 0 Å². The van der Waals surface area contributed by atoms with E-state index in [0.717, 1.165) is 0 Å². The summed E-state index contributed by atoms with van der Waals surface area (Å²) in [6.45, 7) is 4.11. The van der Waals surface area contributed by atoms with E-state index in [4.69, 9.17) is 14.9 Å². The van der Waals surface area contributed by atoms with Crippen LogP contribution in [0.15, 0.2) is 0 Å². The molecular formula is C7H16O3. The van der Waals surface area contributed by atoms with E-state index in [9.17, 15) is 0 Å². The molecule has 3 heteroatoms. The molecule has 10 heavy (non-hydrogen) atoms. The summed E-state index contributed by atoms with van der Waals surface area (Å²) in [5.41, 5.74) is 0. The molecular weight excluding hydrogens is 132 g/mol. The molecule has 62 valence electrons. The summed E-state index contributed by atoms with van der Waals surface area (Å²) in [5, 5.41) is 17.6. The van der Waals surface area contributed by atoms with Gasteiger partial charge in [0.05, 0.1) is 18.8 Å². The molecule has 0 aromatic carbocycles. The van der Waals surface area contributed by atoms with Crippen LogP contribution in [0.3, 0.4) is 0 Å². The van der Waals surface area contributed by atoms with E-state index in [0.29, 0.717) is 13.0 Å². The van der Waals surface area contributed by atoms with E-state index in [1.54, 1.807) is 6.92 Å². The average molecular weight is 148 g/mol. The van der Waals surface area contributed by atoms with Gasteiger partial charge in [-0.2, -0.15) is 0 Å². The predicted molar refractivity (Wildman–Crippen MR) is 38.8 cm³/mol. The Hall–Kier alpha value is -0.120. The molecule has 0 aliphatic carbocycles. The summed E-state index contributed by atoms with van der Waals surface area (Å²) in [5.74, 6) is 0. The van der Waals surface area contributed by atoms with Crippen LogP contribution in [0.25, 0.3) is 0 Å². The van der Waals surface area contributed by atoms with E-state index in [1.165, 1.54) is 0 Å². The van der Waals surface area contributed by atoms with Crippen molar-refractivity contribution in [3.8, 4) is 0 Å². The zero-order chi connectivity index (χ0) is 7.98. The Balaban J connectivity index is 3.39. The van der Waals surface area contributed by atoms with Crippen LogP contribution >= 0.6 is 0 Å². The maximum Gasteiger partial charge on any atom is 0.0830 e. The van der Waals surface area contributed by atoms with Gasteiger partial charge in [0.15, 0.2) is 0 Å². The lowest BCUT2D eigenvalue weighted by molar-refractivity contribution is -0.00848. The Labute approximate surface area is 61.6 Å². The topological polar surface area (TPSA) is 49.7 Å². The zero-order valence-electron chi connectivity index (χ0n) is 6.58. The lowest BCUT2D eigenvalue weighted by Gasteiger charge is -2.15. The van der Waals surface area contributed by atoms with E-state index < -0.39 is 6.10 Å². The highest BCUT2D eigenvalue weighted by atomic mass is 16.5. The van der Waals surface area contributed by atoms with Gasteiger partial charge in [-0.15, -0.1) is 0 Å². The molecule has 0 bridgehead atoms. The molecule has 0 amide bonds. The maximum absolute atomic E-state index is 8.89. The summed E-state index contributed by atoms with van der Waals surface area (Å²) in [4.78, 5) is 0. The van der Waals surface area contributed by atoms with Gasteiger partial charge in [-0.25, -0.2) is 0 Å². The second-order valence-corrected chi connectivity index (χ2v) is 2.34. The molecule has 2 N–H and O–H groups in total. The van der Waals surface area contributed by atoms with E-state index in [2.05, 4.69) is 0 Å². The van der Waals surface area contributed by atoms with Gasteiger partial charge in [0.2, 0.25) is 0 Å². The minimum Gasteiger partial charge on any atom is -0.394 e. The fourth-order valence-corrected chi connectivity index (χ4v) is 0.811. The van der Waals surface area contributed by atoms with Crippen LogP contribution in [0.1, 0.15) is 20.3 Å². The third-order valence-corrected chi connectivity index (χ3v) is 1.21. The van der Waals surface area contributed by atoms with Crippen LogP contribution in [-0.4, -0.2) is 35.6 Å². The minimum absolute atomic E-state index is 0.0151. The molecule has 0 heterocycles. The van der Waals surface area contributed by atoms with Crippen LogP contribution in [0.4, 0.5) is 0 Å². The molecule has 0 saturated carbocycles. The molecule has 0 aliphatic rings. The minimum atomic E-state index is -0.399. The van der Waals surface area contributed by atoms with Gasteiger partial charge in [-0.1, -0.05) is 0 Å². The fourth-order valence-electron chi connectivity index (χ4n) is 0.811. The molecule has 0 rings (SSSR count). The molecule has 0 aromatic heterocycles. The van der Waals surface area contributed by atoms with E-state index in [1.807, 2.05) is 6.92 Å². The van der Waals surface area contributed by atoms with Crippen LogP contribution in [0.5, 0.6) is 0 Å². The van der Waals surface area contributed by atoms with Gasteiger partial charge < -0.3 is 14.9 Å². The number of hydrogen-bond acceptors (Lipinski definition) is 3. The van der Waals surface area contributed by atoms with E-state index in [-0.39, 0.29) is 12.7 Å². The number of ether oxygens (including phenoxy) is 1. The largest absolute Gasteiger partial charge is 0.394 e. The Kier molecular flexibility index (Phi) is 5.58. The smallest absolute Gasteiger partial charge is 0.0830 e. The van der Waals surface area contributed by atoms with Crippen molar-refractivity contribution in [3.05, 3.63) is 0 Å². The molecule has 0 saturated heterocycles. The number of hydrogen-bond donors (Lipinski definition) is 2. The summed E-state index contributed by atoms with van der Waals surface area (Å²) >= 11 is 0. The summed E-state index contributed by atoms with van der Waals surface area (Å²) in [7, 11) is 0. The van der Waals surface area contributed by atoms with Gasteiger partial charge >= 0.3 is 0 Å². The van der Waals surface area contributed by atoms with Gasteiger partial charge in [-0.3, -0.25) is 0 Å². The molecule has 0 unspecified atom stereocenters. The molecule has 0 spiro atoms. The lowest BCUT2D eigenvalue weighted by Crippen LogP contribution is -2.22. The second-order valence-electron chi connectivity index (χ2n) is 2.34. The Morgan fingerprint density at radius 2 is 2.10 bits per heavy atom. The van der Waals surface area contributed by atoms with Gasteiger partial charge in [-0.05, 0) is 13.8 Å². The first-order valence-corrected chi connectivity index (χ1v) is 3.61. The quantitative estimate of drug-likeness (QED) is 0.583. The maximum atomic E-state index is 8.89. The summed E-state index contributed by atoms with van der Waals surface area (Å²) in [6.07, 6.45) is -0.0988. The second kappa shape index (κ2) is 5.65. The van der Waals surface area contributed by atoms with E-state index >= 15 is 0 Å². The summed E-state index contributed by atoms with van der Waals surface area (Å²) < 4.78 is 5.09. The molecule has 0 aliphatic heterocycles. The Morgan fingerprint density at radius 1 is 1.50 bits per heavy atom. The lowest BCUT2D eigenvalue weighted by atomic mass is 10.2. The predicted octanol–water partition coefficient (Wildman–Crippen LogP) is 0.155. The third kappa shape index (κ3) is 4.73. The molecule has 3 nitrogen and oxygen atoms in total. The number of rotatable bonds is 5. The van der Waals surface area contributed by atoms with Crippen molar-refractivity contribution in [2.75, 3.05) is 13.2 Å². The fraction of sp³-hybridized carbons (Fsp3) is 1.00.